The van der Waals surface area contributed by atoms with Crippen LogP contribution in [0.3, 0.4) is 0 Å². The SMILES string of the molecule is C=C[C@H]1CN2CC[C@H]1C[C@H]2[C@H](OC(=O)C(C)c1ccc2cc(OC)ccc2c1)c1ccnc2ccccc12. The largest absolute Gasteiger partial charge is 0.497 e. The first-order valence-corrected chi connectivity index (χ1v) is 13.5. The quantitative estimate of drug-likeness (QED) is 0.207. The lowest BCUT2D eigenvalue weighted by atomic mass is 9.73. The van der Waals surface area contributed by atoms with Crippen LogP contribution in [-0.4, -0.2) is 42.1 Å². The number of fused-ring (bicyclic) bond motifs is 5. The number of esters is 1. The molecule has 0 aliphatic carbocycles. The van der Waals surface area contributed by atoms with Gasteiger partial charge in [0.2, 0.25) is 0 Å². The fourth-order valence-electron chi connectivity index (χ4n) is 6.41. The number of para-hydroxylation sites is 1. The lowest BCUT2D eigenvalue weighted by Gasteiger charge is -2.51. The second kappa shape index (κ2) is 10.2. The van der Waals surface area contributed by atoms with Crippen LogP contribution >= 0.6 is 0 Å². The van der Waals surface area contributed by atoms with Crippen molar-refractivity contribution in [3.8, 4) is 5.75 Å². The van der Waals surface area contributed by atoms with Gasteiger partial charge in [0, 0.05) is 23.7 Å². The molecule has 3 aromatic carbocycles. The minimum Gasteiger partial charge on any atom is -0.497 e. The fourth-order valence-corrected chi connectivity index (χ4v) is 6.41. The van der Waals surface area contributed by atoms with Crippen LogP contribution in [0.15, 0.2) is 85.6 Å². The number of methoxy groups -OCH3 is 1. The molecule has 0 N–H and O–H groups in total. The van der Waals surface area contributed by atoms with Crippen LogP contribution < -0.4 is 4.74 Å². The standard InChI is InChI=1S/C33H34N2O3/c1-4-22-20-35-16-14-26(22)19-31(35)32(29-13-15-34-30-8-6-5-7-28(29)30)38-33(36)21(2)23-9-10-25-18-27(37-3)12-11-24(25)17-23/h4-13,15,17-18,21-22,26,31-32H,1,14,16,19-20H2,2-3H3/t21?,22-,26-,31-,32+/m0/s1. The van der Waals surface area contributed by atoms with E-state index in [1.54, 1.807) is 7.11 Å². The molecule has 3 fully saturated rings. The number of hydrogen-bond donors (Lipinski definition) is 0. The Morgan fingerprint density at radius 3 is 2.71 bits per heavy atom. The Morgan fingerprint density at radius 1 is 1.11 bits per heavy atom. The highest BCUT2D eigenvalue weighted by molar-refractivity contribution is 5.87. The average molecular weight is 507 g/mol. The molecule has 38 heavy (non-hydrogen) atoms. The van der Waals surface area contributed by atoms with Gasteiger partial charge in [0.1, 0.15) is 11.9 Å². The van der Waals surface area contributed by atoms with Gasteiger partial charge in [-0.3, -0.25) is 14.7 Å². The number of nitrogens with zero attached hydrogens (tertiary/aromatic N) is 2. The number of carbonyl (C=O) groups is 1. The molecule has 3 aliphatic rings. The van der Waals surface area contributed by atoms with Gasteiger partial charge in [0.25, 0.3) is 0 Å². The Hall–Kier alpha value is -3.70. The molecule has 7 rings (SSSR count). The summed E-state index contributed by atoms with van der Waals surface area (Å²) in [6.45, 7) is 8.02. The summed E-state index contributed by atoms with van der Waals surface area (Å²) in [4.78, 5) is 20.9. The van der Waals surface area contributed by atoms with Crippen LogP contribution in [-0.2, 0) is 9.53 Å². The molecule has 1 aromatic heterocycles. The summed E-state index contributed by atoms with van der Waals surface area (Å²) >= 11 is 0. The predicted molar refractivity (Wildman–Crippen MR) is 151 cm³/mol. The summed E-state index contributed by atoms with van der Waals surface area (Å²) in [6.07, 6.45) is 5.74. The maximum Gasteiger partial charge on any atom is 0.313 e. The summed E-state index contributed by atoms with van der Waals surface area (Å²) < 4.78 is 11.9. The van der Waals surface area contributed by atoms with Crippen molar-refractivity contribution in [2.75, 3.05) is 20.2 Å². The van der Waals surface area contributed by atoms with Crippen molar-refractivity contribution in [3.63, 3.8) is 0 Å². The van der Waals surface area contributed by atoms with Gasteiger partial charge in [-0.05, 0) is 78.7 Å². The second-order valence-electron chi connectivity index (χ2n) is 10.7. The first-order chi connectivity index (χ1) is 18.6. The van der Waals surface area contributed by atoms with E-state index in [4.69, 9.17) is 9.47 Å². The Balaban J connectivity index is 1.33. The minimum absolute atomic E-state index is 0.135. The molecule has 0 amide bonds. The van der Waals surface area contributed by atoms with Gasteiger partial charge in [-0.2, -0.15) is 0 Å². The molecule has 2 bridgehead atoms. The summed E-state index contributed by atoms with van der Waals surface area (Å²) in [7, 11) is 1.67. The average Bonchev–Trinajstić information content (AvgIpc) is 2.98. The minimum atomic E-state index is -0.395. The van der Waals surface area contributed by atoms with Crippen molar-refractivity contribution in [1.29, 1.82) is 0 Å². The van der Waals surface area contributed by atoms with Crippen molar-refractivity contribution in [2.45, 2.75) is 37.8 Å². The molecule has 5 nitrogen and oxygen atoms in total. The molecule has 6 atom stereocenters. The van der Waals surface area contributed by atoms with E-state index in [1.807, 2.05) is 67.7 Å². The zero-order valence-electron chi connectivity index (χ0n) is 22.0. The van der Waals surface area contributed by atoms with E-state index >= 15 is 0 Å². The number of piperidine rings is 3. The molecule has 3 aliphatic heterocycles. The third-order valence-corrected chi connectivity index (χ3v) is 8.66. The van der Waals surface area contributed by atoms with Gasteiger partial charge >= 0.3 is 5.97 Å². The Bertz CT molecular complexity index is 1490. The molecule has 3 saturated heterocycles. The Labute approximate surface area is 224 Å². The van der Waals surface area contributed by atoms with Gasteiger partial charge in [0.05, 0.1) is 24.6 Å². The first kappa shape index (κ1) is 24.6. The van der Waals surface area contributed by atoms with Crippen LogP contribution in [0.25, 0.3) is 21.7 Å². The molecule has 0 radical (unpaired) electrons. The van der Waals surface area contributed by atoms with Crippen molar-refractivity contribution in [2.24, 2.45) is 11.8 Å². The van der Waals surface area contributed by atoms with Crippen LogP contribution in [0.2, 0.25) is 0 Å². The monoisotopic (exact) mass is 506 g/mol. The number of rotatable bonds is 7. The summed E-state index contributed by atoms with van der Waals surface area (Å²) in [5.41, 5.74) is 2.90. The zero-order chi connectivity index (χ0) is 26.2. The summed E-state index contributed by atoms with van der Waals surface area (Å²) in [5, 5.41) is 3.20. The first-order valence-electron chi connectivity index (χ1n) is 13.5. The van der Waals surface area contributed by atoms with Gasteiger partial charge in [0.15, 0.2) is 0 Å². The van der Waals surface area contributed by atoms with Crippen molar-refractivity contribution in [3.05, 3.63) is 96.7 Å². The van der Waals surface area contributed by atoms with E-state index in [-0.39, 0.29) is 18.1 Å². The normalized spacial score (nSPS) is 24.2. The third kappa shape index (κ3) is 4.45. The maximum absolute atomic E-state index is 13.8. The Morgan fingerprint density at radius 2 is 1.92 bits per heavy atom. The van der Waals surface area contributed by atoms with Crippen molar-refractivity contribution >= 4 is 27.6 Å². The van der Waals surface area contributed by atoms with E-state index in [0.29, 0.717) is 11.8 Å². The van der Waals surface area contributed by atoms with E-state index in [0.717, 1.165) is 58.1 Å². The van der Waals surface area contributed by atoms with E-state index in [9.17, 15) is 4.79 Å². The number of pyridine rings is 1. The van der Waals surface area contributed by atoms with E-state index < -0.39 is 5.92 Å². The number of aromatic nitrogens is 1. The molecular weight excluding hydrogens is 472 g/mol. The molecule has 4 aromatic rings. The van der Waals surface area contributed by atoms with Crippen LogP contribution in [0.4, 0.5) is 0 Å². The molecular formula is C33H34N2O3. The van der Waals surface area contributed by atoms with Crippen LogP contribution in [0.1, 0.15) is 42.9 Å². The van der Waals surface area contributed by atoms with Gasteiger partial charge in [-0.1, -0.05) is 48.5 Å². The summed E-state index contributed by atoms with van der Waals surface area (Å²) in [6, 6.07) is 22.4. The third-order valence-electron chi connectivity index (χ3n) is 8.66. The lowest BCUT2D eigenvalue weighted by molar-refractivity contribution is -0.158. The molecule has 4 heterocycles. The van der Waals surface area contributed by atoms with Gasteiger partial charge in [-0.25, -0.2) is 0 Å². The van der Waals surface area contributed by atoms with Crippen LogP contribution in [0.5, 0.6) is 5.75 Å². The molecule has 2 unspecified atom stereocenters. The molecule has 5 heteroatoms. The van der Waals surface area contributed by atoms with Crippen LogP contribution in [0, 0.1) is 11.8 Å². The summed E-state index contributed by atoms with van der Waals surface area (Å²) in [5.74, 6) is 1.30. The topological polar surface area (TPSA) is 51.7 Å². The zero-order valence-corrected chi connectivity index (χ0v) is 22.0. The smallest absolute Gasteiger partial charge is 0.313 e. The van der Waals surface area contributed by atoms with E-state index in [2.05, 4.69) is 34.7 Å². The number of ether oxygens (including phenoxy) is 2. The fraction of sp³-hybridized carbons (Fsp3) is 0.333. The second-order valence-corrected chi connectivity index (χ2v) is 10.7. The Kier molecular flexibility index (Phi) is 6.62. The highest BCUT2D eigenvalue weighted by atomic mass is 16.5. The number of hydrogen-bond acceptors (Lipinski definition) is 5. The lowest BCUT2D eigenvalue weighted by Crippen LogP contribution is -2.55. The molecule has 0 saturated carbocycles. The predicted octanol–water partition coefficient (Wildman–Crippen LogP) is 6.68. The van der Waals surface area contributed by atoms with E-state index in [1.165, 1.54) is 6.42 Å². The van der Waals surface area contributed by atoms with Crippen molar-refractivity contribution < 1.29 is 14.3 Å². The highest BCUT2D eigenvalue weighted by Gasteiger charge is 2.44. The van der Waals surface area contributed by atoms with Gasteiger partial charge in [-0.15, -0.1) is 6.58 Å². The highest BCUT2D eigenvalue weighted by Crippen LogP contribution is 2.44. The molecule has 0 spiro atoms. The number of carbonyl (C=O) groups excluding carboxylic acids is 1. The number of benzene rings is 3. The van der Waals surface area contributed by atoms with Gasteiger partial charge < -0.3 is 9.47 Å². The maximum atomic E-state index is 13.8. The molecule has 194 valence electrons. The van der Waals surface area contributed by atoms with Crippen molar-refractivity contribution in [1.82, 2.24) is 9.88 Å².